The molecule has 0 unspecified atom stereocenters. The van der Waals surface area contributed by atoms with Crippen molar-refractivity contribution in [1.29, 1.82) is 0 Å². The van der Waals surface area contributed by atoms with Crippen LogP contribution in [0, 0.1) is 5.92 Å². The van der Waals surface area contributed by atoms with Gasteiger partial charge < -0.3 is 10.3 Å². The molecule has 0 amide bonds. The van der Waals surface area contributed by atoms with Crippen molar-refractivity contribution >= 4 is 5.82 Å². The lowest BCUT2D eigenvalue weighted by atomic mass is 9.86. The van der Waals surface area contributed by atoms with Crippen molar-refractivity contribution < 1.29 is 0 Å². The van der Waals surface area contributed by atoms with E-state index in [1.54, 1.807) is 0 Å². The van der Waals surface area contributed by atoms with Crippen molar-refractivity contribution in [1.82, 2.24) is 9.55 Å². The summed E-state index contributed by atoms with van der Waals surface area (Å²) in [6, 6.07) is 0. The zero-order valence-electron chi connectivity index (χ0n) is 12.9. The van der Waals surface area contributed by atoms with E-state index in [0.29, 0.717) is 5.92 Å². The van der Waals surface area contributed by atoms with Crippen LogP contribution in [-0.4, -0.2) is 9.55 Å². The van der Waals surface area contributed by atoms with Gasteiger partial charge in [-0.2, -0.15) is 0 Å². The second kappa shape index (κ2) is 6.19. The van der Waals surface area contributed by atoms with Crippen molar-refractivity contribution in [3.8, 4) is 0 Å². The van der Waals surface area contributed by atoms with E-state index in [0.717, 1.165) is 24.7 Å². The van der Waals surface area contributed by atoms with Crippen molar-refractivity contribution in [2.75, 3.05) is 5.73 Å². The van der Waals surface area contributed by atoms with Gasteiger partial charge in [-0.3, -0.25) is 0 Å². The number of aromatic nitrogens is 2. The van der Waals surface area contributed by atoms with Crippen LogP contribution in [0.15, 0.2) is 0 Å². The molecule has 2 saturated carbocycles. The van der Waals surface area contributed by atoms with E-state index in [4.69, 9.17) is 10.7 Å². The lowest BCUT2D eigenvalue weighted by molar-refractivity contribution is 0.355. The molecular formula is C17H29N3. The zero-order chi connectivity index (χ0) is 13.9. The van der Waals surface area contributed by atoms with Gasteiger partial charge in [-0.1, -0.05) is 44.9 Å². The molecule has 20 heavy (non-hydrogen) atoms. The molecule has 3 heteroatoms. The van der Waals surface area contributed by atoms with Gasteiger partial charge in [0, 0.05) is 12.5 Å². The largest absolute Gasteiger partial charge is 0.384 e. The zero-order valence-corrected chi connectivity index (χ0v) is 12.9. The number of imidazole rings is 1. The predicted molar refractivity (Wildman–Crippen MR) is 83.8 cm³/mol. The molecule has 1 aromatic heterocycles. The fraction of sp³-hybridized carbons (Fsp3) is 0.824. The number of hydrogen-bond acceptors (Lipinski definition) is 2. The Morgan fingerprint density at radius 3 is 2.35 bits per heavy atom. The van der Waals surface area contributed by atoms with Gasteiger partial charge in [0.1, 0.15) is 11.6 Å². The summed E-state index contributed by atoms with van der Waals surface area (Å²) in [5.41, 5.74) is 7.59. The number of nitrogen functional groups attached to an aromatic ring is 1. The number of rotatable bonds is 4. The van der Waals surface area contributed by atoms with Gasteiger partial charge in [0.25, 0.3) is 0 Å². The van der Waals surface area contributed by atoms with E-state index < -0.39 is 0 Å². The normalized spacial score (nSPS) is 21.6. The molecule has 1 heterocycles. The third-order valence-electron chi connectivity index (χ3n) is 5.36. The average Bonchev–Trinajstić information content (AvgIpc) is 3.09. The Morgan fingerprint density at radius 1 is 1.05 bits per heavy atom. The molecule has 2 fully saturated rings. The van der Waals surface area contributed by atoms with Gasteiger partial charge >= 0.3 is 0 Å². The van der Waals surface area contributed by atoms with Crippen molar-refractivity contribution in [3.05, 3.63) is 11.5 Å². The molecule has 2 N–H and O–H groups in total. The fourth-order valence-corrected chi connectivity index (χ4v) is 4.18. The first kappa shape index (κ1) is 14.0. The van der Waals surface area contributed by atoms with Gasteiger partial charge in [-0.05, 0) is 32.1 Å². The number of nitrogens with two attached hydrogens (primary N) is 1. The molecule has 0 aromatic carbocycles. The van der Waals surface area contributed by atoms with Gasteiger partial charge in [0.2, 0.25) is 0 Å². The molecule has 0 aliphatic heterocycles. The van der Waals surface area contributed by atoms with Gasteiger partial charge in [0.05, 0.1) is 5.69 Å². The minimum absolute atomic E-state index is 0.664. The molecule has 0 saturated heterocycles. The maximum atomic E-state index is 6.40. The second-order valence-electron chi connectivity index (χ2n) is 6.74. The maximum Gasteiger partial charge on any atom is 0.126 e. The minimum atomic E-state index is 0.664. The highest BCUT2D eigenvalue weighted by Gasteiger charge is 2.26. The molecule has 3 rings (SSSR count). The molecule has 3 nitrogen and oxygen atoms in total. The van der Waals surface area contributed by atoms with Crippen LogP contribution in [0.1, 0.15) is 82.1 Å². The lowest BCUT2D eigenvalue weighted by Crippen LogP contribution is -2.11. The third kappa shape index (κ3) is 2.72. The molecule has 0 spiro atoms. The number of nitrogens with zero attached hydrogens (tertiary/aromatic N) is 2. The van der Waals surface area contributed by atoms with E-state index in [9.17, 15) is 0 Å². The molecule has 112 valence electrons. The Labute approximate surface area is 123 Å². The Kier molecular flexibility index (Phi) is 4.32. The van der Waals surface area contributed by atoms with Crippen LogP contribution in [0.25, 0.3) is 0 Å². The molecule has 0 atom stereocenters. The fourth-order valence-electron chi connectivity index (χ4n) is 4.18. The molecule has 0 radical (unpaired) electrons. The summed E-state index contributed by atoms with van der Waals surface area (Å²) >= 11 is 0. The highest BCUT2D eigenvalue weighted by Crippen LogP contribution is 2.36. The van der Waals surface area contributed by atoms with Crippen LogP contribution in [0.3, 0.4) is 0 Å². The molecule has 2 aliphatic rings. The van der Waals surface area contributed by atoms with Crippen LogP contribution in [-0.2, 0) is 13.0 Å². The highest BCUT2D eigenvalue weighted by atomic mass is 15.1. The highest BCUT2D eigenvalue weighted by molar-refractivity contribution is 5.39. The summed E-state index contributed by atoms with van der Waals surface area (Å²) in [4.78, 5) is 4.99. The van der Waals surface area contributed by atoms with Crippen LogP contribution < -0.4 is 5.73 Å². The molecule has 0 bridgehead atoms. The first-order valence-electron chi connectivity index (χ1n) is 8.64. The van der Waals surface area contributed by atoms with Crippen LogP contribution >= 0.6 is 0 Å². The average molecular weight is 275 g/mol. The molecule has 2 aliphatic carbocycles. The standard InChI is InChI=1S/C17H29N3/c1-2-20-16(18)15(12-13-8-4-3-5-9-13)19-17(20)14-10-6-7-11-14/h13-14H,2-12,18H2,1H3. The van der Waals surface area contributed by atoms with E-state index in [-0.39, 0.29) is 0 Å². The Hall–Kier alpha value is -0.990. The van der Waals surface area contributed by atoms with E-state index in [1.165, 1.54) is 69.3 Å². The van der Waals surface area contributed by atoms with Crippen LogP contribution in [0.2, 0.25) is 0 Å². The second-order valence-corrected chi connectivity index (χ2v) is 6.74. The Morgan fingerprint density at radius 2 is 1.70 bits per heavy atom. The first-order valence-corrected chi connectivity index (χ1v) is 8.64. The maximum absolute atomic E-state index is 6.40. The first-order chi connectivity index (χ1) is 9.79. The summed E-state index contributed by atoms with van der Waals surface area (Å²) in [7, 11) is 0. The Balaban J connectivity index is 1.79. The van der Waals surface area contributed by atoms with Crippen LogP contribution in [0.5, 0.6) is 0 Å². The van der Waals surface area contributed by atoms with Crippen molar-refractivity contribution in [3.63, 3.8) is 0 Å². The monoisotopic (exact) mass is 275 g/mol. The van der Waals surface area contributed by atoms with E-state index >= 15 is 0 Å². The van der Waals surface area contributed by atoms with Gasteiger partial charge in [0.15, 0.2) is 0 Å². The van der Waals surface area contributed by atoms with E-state index in [1.807, 2.05) is 0 Å². The third-order valence-corrected chi connectivity index (χ3v) is 5.36. The summed E-state index contributed by atoms with van der Waals surface area (Å²) in [6.07, 6.45) is 13.4. The summed E-state index contributed by atoms with van der Waals surface area (Å²) in [5, 5.41) is 0. The molecular weight excluding hydrogens is 246 g/mol. The quantitative estimate of drug-likeness (QED) is 0.892. The Bertz CT molecular complexity index is 437. The topological polar surface area (TPSA) is 43.8 Å². The van der Waals surface area contributed by atoms with E-state index in [2.05, 4.69) is 11.5 Å². The van der Waals surface area contributed by atoms with Crippen LogP contribution in [0.4, 0.5) is 5.82 Å². The van der Waals surface area contributed by atoms with Gasteiger partial charge in [-0.15, -0.1) is 0 Å². The number of anilines is 1. The van der Waals surface area contributed by atoms with Crippen molar-refractivity contribution in [2.24, 2.45) is 5.92 Å². The summed E-state index contributed by atoms with van der Waals surface area (Å²) < 4.78 is 2.29. The number of hydrogen-bond donors (Lipinski definition) is 1. The molecule has 1 aromatic rings. The summed E-state index contributed by atoms with van der Waals surface area (Å²) in [5.74, 6) is 3.73. The lowest BCUT2D eigenvalue weighted by Gasteiger charge is -2.20. The smallest absolute Gasteiger partial charge is 0.126 e. The predicted octanol–water partition coefficient (Wildman–Crippen LogP) is 4.27. The van der Waals surface area contributed by atoms with Crippen molar-refractivity contribution in [2.45, 2.75) is 83.6 Å². The van der Waals surface area contributed by atoms with Gasteiger partial charge in [-0.25, -0.2) is 4.98 Å². The summed E-state index contributed by atoms with van der Waals surface area (Å²) in [6.45, 7) is 3.16. The SMILES string of the molecule is CCn1c(C2CCCC2)nc(CC2CCCCC2)c1N. The minimum Gasteiger partial charge on any atom is -0.384 e.